The summed E-state index contributed by atoms with van der Waals surface area (Å²) in [6, 6.07) is 17.1. The first-order valence-electron chi connectivity index (χ1n) is 12.8. The average molecular weight is 536 g/mol. The third-order valence-electron chi connectivity index (χ3n) is 6.75. The Morgan fingerprint density at radius 2 is 1.89 bits per heavy atom. The lowest BCUT2D eigenvalue weighted by Crippen LogP contribution is -2.45. The van der Waals surface area contributed by atoms with Crippen LogP contribution in [-0.2, 0) is 27.1 Å². The topological polar surface area (TPSA) is 109 Å². The molecule has 0 bridgehead atoms. The van der Waals surface area contributed by atoms with E-state index in [4.69, 9.17) is 19.4 Å². The molecule has 2 N–H and O–H groups in total. The summed E-state index contributed by atoms with van der Waals surface area (Å²) in [7, 11) is -2.02. The van der Waals surface area contributed by atoms with E-state index >= 15 is 0 Å². The number of aromatic amines is 1. The summed E-state index contributed by atoms with van der Waals surface area (Å²) < 4.78 is 39.8. The Hall–Kier alpha value is -3.47. The summed E-state index contributed by atoms with van der Waals surface area (Å²) >= 11 is 0. The van der Waals surface area contributed by atoms with E-state index in [0.717, 1.165) is 40.3 Å². The molecule has 0 aliphatic carbocycles. The van der Waals surface area contributed by atoms with Crippen molar-refractivity contribution in [3.05, 3.63) is 71.4 Å². The maximum absolute atomic E-state index is 13.1. The zero-order valence-electron chi connectivity index (χ0n) is 21.9. The summed E-state index contributed by atoms with van der Waals surface area (Å²) in [5.41, 5.74) is 5.67. The molecule has 1 fully saturated rings. The lowest BCUT2D eigenvalue weighted by molar-refractivity contribution is 0.0926. The van der Waals surface area contributed by atoms with Crippen LogP contribution in [0, 0.1) is 6.92 Å². The molecule has 10 heteroatoms. The number of ether oxygens (including phenoxy) is 2. The summed E-state index contributed by atoms with van der Waals surface area (Å²) in [6.45, 7) is 6.22. The Bertz CT molecular complexity index is 1520. The second kappa shape index (κ2) is 11.1. The van der Waals surface area contributed by atoms with Gasteiger partial charge < -0.3 is 19.4 Å². The van der Waals surface area contributed by atoms with E-state index in [9.17, 15) is 8.42 Å². The molecule has 5 rings (SSSR count). The first-order valence-corrected chi connectivity index (χ1v) is 14.4. The molecule has 200 valence electrons. The maximum Gasteiger partial charge on any atom is 0.216 e. The van der Waals surface area contributed by atoms with Gasteiger partial charge in [0.05, 0.1) is 54.5 Å². The fraction of sp³-hybridized carbons (Fsp3) is 0.357. The van der Waals surface area contributed by atoms with Crippen LogP contribution in [0.5, 0.6) is 5.75 Å². The molecule has 3 aromatic heterocycles. The highest BCUT2D eigenvalue weighted by Gasteiger charge is 2.24. The predicted molar refractivity (Wildman–Crippen MR) is 149 cm³/mol. The number of hydrogen-bond donors (Lipinski definition) is 2. The average Bonchev–Trinajstić information content (AvgIpc) is 3.31. The number of nitrogens with one attached hydrogen (secondary N) is 2. The molecule has 4 aromatic rings. The van der Waals surface area contributed by atoms with Crippen LogP contribution in [0.2, 0.25) is 0 Å². The van der Waals surface area contributed by atoms with Gasteiger partial charge in [-0.05, 0) is 66.9 Å². The Balaban J connectivity index is 1.46. The van der Waals surface area contributed by atoms with Crippen LogP contribution in [0.15, 0.2) is 54.6 Å². The molecule has 1 aliphatic rings. The number of H-pyrrole nitrogens is 1. The SMILES string of the molecule is CCC1COCCN1c1cc(CS(=O)(=O)NCc2ccc(OC)cc2)cc(-c2ccc3[nH]c(C)cc3n2)n1. The van der Waals surface area contributed by atoms with E-state index in [-0.39, 0.29) is 18.3 Å². The van der Waals surface area contributed by atoms with Crippen molar-refractivity contribution in [3.8, 4) is 17.1 Å². The number of methoxy groups -OCH3 is 1. The number of fused-ring (bicyclic) bond motifs is 1. The van der Waals surface area contributed by atoms with Gasteiger partial charge in [-0.15, -0.1) is 0 Å². The Morgan fingerprint density at radius 1 is 1.08 bits per heavy atom. The zero-order chi connectivity index (χ0) is 26.7. The molecule has 4 heterocycles. The largest absolute Gasteiger partial charge is 0.497 e. The van der Waals surface area contributed by atoms with Crippen LogP contribution in [0.4, 0.5) is 5.82 Å². The van der Waals surface area contributed by atoms with Crippen LogP contribution in [0.1, 0.15) is 30.2 Å². The van der Waals surface area contributed by atoms with Gasteiger partial charge in [0.1, 0.15) is 11.6 Å². The number of hydrogen-bond acceptors (Lipinski definition) is 7. The molecule has 0 radical (unpaired) electrons. The normalized spacial score (nSPS) is 16.2. The Labute approximate surface area is 223 Å². The van der Waals surface area contributed by atoms with Crippen molar-refractivity contribution >= 4 is 26.9 Å². The highest BCUT2D eigenvalue weighted by molar-refractivity contribution is 7.88. The fourth-order valence-corrected chi connectivity index (χ4v) is 5.82. The van der Waals surface area contributed by atoms with E-state index in [1.165, 1.54) is 0 Å². The standard InChI is InChI=1S/C28H33N5O4S/c1-4-22-17-37-12-11-33(22)28-15-21(18-38(34,35)29-16-20-5-7-23(36-3)8-6-20)14-27(32-28)25-10-9-24-26(31-25)13-19(2)30-24/h5-10,13-15,22,29-30H,4,11-12,16-18H2,1-3H3. The molecule has 38 heavy (non-hydrogen) atoms. The quantitative estimate of drug-likeness (QED) is 0.331. The molecule has 1 aromatic carbocycles. The van der Waals surface area contributed by atoms with Gasteiger partial charge in [0.15, 0.2) is 0 Å². The van der Waals surface area contributed by atoms with Gasteiger partial charge in [0, 0.05) is 18.8 Å². The van der Waals surface area contributed by atoms with Crippen LogP contribution in [-0.4, -0.2) is 56.3 Å². The first kappa shape index (κ1) is 26.1. The molecular weight excluding hydrogens is 502 g/mol. The molecule has 0 spiro atoms. The van der Waals surface area contributed by atoms with E-state index in [1.807, 2.05) is 61.5 Å². The molecule has 0 saturated carbocycles. The van der Waals surface area contributed by atoms with Gasteiger partial charge >= 0.3 is 0 Å². The van der Waals surface area contributed by atoms with E-state index in [0.29, 0.717) is 36.7 Å². The predicted octanol–water partition coefficient (Wildman–Crippen LogP) is 4.18. The van der Waals surface area contributed by atoms with Crippen molar-refractivity contribution in [2.24, 2.45) is 0 Å². The van der Waals surface area contributed by atoms with Gasteiger partial charge in [-0.2, -0.15) is 0 Å². The molecule has 1 aliphatic heterocycles. The number of aromatic nitrogens is 3. The molecule has 0 amide bonds. The minimum atomic E-state index is -3.62. The van der Waals surface area contributed by atoms with Crippen molar-refractivity contribution in [2.45, 2.75) is 38.6 Å². The van der Waals surface area contributed by atoms with Crippen molar-refractivity contribution in [1.82, 2.24) is 19.7 Å². The Morgan fingerprint density at radius 3 is 2.66 bits per heavy atom. The summed E-state index contributed by atoms with van der Waals surface area (Å²) in [5.74, 6) is 1.30. The number of nitrogens with zero attached hydrogens (tertiary/aromatic N) is 3. The lowest BCUT2D eigenvalue weighted by Gasteiger charge is -2.36. The maximum atomic E-state index is 13.1. The van der Waals surface area contributed by atoms with Crippen LogP contribution < -0.4 is 14.4 Å². The van der Waals surface area contributed by atoms with Crippen LogP contribution in [0.3, 0.4) is 0 Å². The molecule has 1 atom stereocenters. The fourth-order valence-electron chi connectivity index (χ4n) is 4.72. The Kier molecular flexibility index (Phi) is 7.64. The number of aryl methyl sites for hydroxylation is 1. The van der Waals surface area contributed by atoms with Crippen molar-refractivity contribution in [1.29, 1.82) is 0 Å². The van der Waals surface area contributed by atoms with Crippen molar-refractivity contribution < 1.29 is 17.9 Å². The van der Waals surface area contributed by atoms with E-state index < -0.39 is 10.0 Å². The van der Waals surface area contributed by atoms with E-state index in [1.54, 1.807) is 7.11 Å². The van der Waals surface area contributed by atoms with Crippen LogP contribution in [0.25, 0.3) is 22.4 Å². The number of sulfonamides is 1. The molecular formula is C28H33N5O4S. The summed E-state index contributed by atoms with van der Waals surface area (Å²) in [6.07, 6.45) is 0.899. The third-order valence-corrected chi connectivity index (χ3v) is 8.05. The van der Waals surface area contributed by atoms with Gasteiger partial charge in [-0.1, -0.05) is 19.1 Å². The van der Waals surface area contributed by atoms with E-state index in [2.05, 4.69) is 21.5 Å². The molecule has 1 saturated heterocycles. The van der Waals surface area contributed by atoms with Gasteiger partial charge in [-0.3, -0.25) is 0 Å². The minimum absolute atomic E-state index is 0.168. The molecule has 1 unspecified atom stereocenters. The first-order chi connectivity index (χ1) is 18.3. The zero-order valence-corrected chi connectivity index (χ0v) is 22.7. The highest BCUT2D eigenvalue weighted by atomic mass is 32.2. The molecule has 9 nitrogen and oxygen atoms in total. The smallest absolute Gasteiger partial charge is 0.216 e. The second-order valence-corrected chi connectivity index (χ2v) is 11.4. The van der Waals surface area contributed by atoms with Crippen molar-refractivity contribution in [3.63, 3.8) is 0 Å². The number of morpholine rings is 1. The summed E-state index contributed by atoms with van der Waals surface area (Å²) in [5, 5.41) is 0. The van der Waals surface area contributed by atoms with Gasteiger partial charge in [0.25, 0.3) is 0 Å². The number of pyridine rings is 2. The van der Waals surface area contributed by atoms with Crippen LogP contribution >= 0.6 is 0 Å². The number of anilines is 1. The van der Waals surface area contributed by atoms with Gasteiger partial charge in [0.2, 0.25) is 10.0 Å². The minimum Gasteiger partial charge on any atom is -0.497 e. The summed E-state index contributed by atoms with van der Waals surface area (Å²) in [4.78, 5) is 15.3. The second-order valence-electron chi connectivity index (χ2n) is 9.56. The third kappa shape index (κ3) is 5.98. The monoisotopic (exact) mass is 535 g/mol. The van der Waals surface area contributed by atoms with Gasteiger partial charge in [-0.25, -0.2) is 23.1 Å². The highest BCUT2D eigenvalue weighted by Crippen LogP contribution is 2.27. The lowest BCUT2D eigenvalue weighted by atomic mass is 10.1. The van der Waals surface area contributed by atoms with Crippen molar-refractivity contribution in [2.75, 3.05) is 31.8 Å². The number of benzene rings is 1. The number of rotatable bonds is 9.